The van der Waals surface area contributed by atoms with Gasteiger partial charge in [0.15, 0.2) is 5.69 Å². The maximum atomic E-state index is 15.0. The first-order valence-corrected chi connectivity index (χ1v) is 8.41. The van der Waals surface area contributed by atoms with Gasteiger partial charge in [-0.2, -0.15) is 4.39 Å². The van der Waals surface area contributed by atoms with Crippen molar-refractivity contribution in [3.63, 3.8) is 0 Å². The molecule has 2 aromatic heterocycles. The van der Waals surface area contributed by atoms with Crippen molar-refractivity contribution in [2.45, 2.75) is 18.8 Å². The van der Waals surface area contributed by atoms with Crippen molar-refractivity contribution in [3.05, 3.63) is 51.9 Å². The predicted octanol–water partition coefficient (Wildman–Crippen LogP) is 4.10. The first-order valence-electron chi connectivity index (χ1n) is 7.62. The summed E-state index contributed by atoms with van der Waals surface area (Å²) < 4.78 is 35.8. The zero-order chi connectivity index (χ0) is 17.7. The molecule has 4 rings (SSSR count). The topological polar surface area (TPSA) is 56.5 Å². The highest BCUT2D eigenvalue weighted by atomic mass is 79.9. The second-order valence-corrected chi connectivity index (χ2v) is 6.76. The quantitative estimate of drug-likeness (QED) is 0.613. The van der Waals surface area contributed by atoms with Gasteiger partial charge in [0.1, 0.15) is 11.5 Å². The number of benzene rings is 1. The molecule has 0 atom stereocenters. The van der Waals surface area contributed by atoms with Gasteiger partial charge in [0.25, 0.3) is 0 Å². The summed E-state index contributed by atoms with van der Waals surface area (Å²) in [5.74, 6) is -1.77. The number of carbonyl (C=O) groups is 1. The number of fused-ring (bicyclic) bond motifs is 1. The second-order valence-electron chi connectivity index (χ2n) is 5.84. The average molecular weight is 408 g/mol. The smallest absolute Gasteiger partial charge is 0.356 e. The highest BCUT2D eigenvalue weighted by molar-refractivity contribution is 9.10. The number of imidazole rings is 1. The lowest BCUT2D eigenvalue weighted by Gasteiger charge is -2.06. The molecule has 3 aromatic rings. The predicted molar refractivity (Wildman–Crippen MR) is 89.4 cm³/mol. The lowest BCUT2D eigenvalue weighted by Crippen LogP contribution is -2.09. The summed E-state index contributed by atoms with van der Waals surface area (Å²) in [4.78, 5) is 20.0. The Hall–Kier alpha value is -2.35. The minimum absolute atomic E-state index is 0.0135. The van der Waals surface area contributed by atoms with Crippen molar-refractivity contribution in [1.29, 1.82) is 0 Å². The van der Waals surface area contributed by atoms with E-state index >= 15 is 4.39 Å². The van der Waals surface area contributed by atoms with Crippen LogP contribution in [0.2, 0.25) is 0 Å². The molecule has 1 saturated carbocycles. The molecular weight excluding hydrogens is 396 g/mol. The van der Waals surface area contributed by atoms with Gasteiger partial charge in [0, 0.05) is 15.7 Å². The zero-order valence-electron chi connectivity index (χ0n) is 13.1. The van der Waals surface area contributed by atoms with Crippen LogP contribution in [0.25, 0.3) is 17.0 Å². The van der Waals surface area contributed by atoms with E-state index in [2.05, 4.69) is 25.9 Å². The number of aromatic nitrogens is 3. The summed E-state index contributed by atoms with van der Waals surface area (Å²) in [6.45, 7) is 0. The number of hydrogen-bond acceptors (Lipinski definition) is 4. The number of rotatable bonds is 3. The minimum Gasteiger partial charge on any atom is -0.464 e. The number of esters is 1. The van der Waals surface area contributed by atoms with Crippen LogP contribution in [0.1, 0.15) is 34.9 Å². The zero-order valence-corrected chi connectivity index (χ0v) is 14.7. The third-order valence-corrected chi connectivity index (χ3v) is 4.64. The van der Waals surface area contributed by atoms with Gasteiger partial charge in [0.2, 0.25) is 11.7 Å². The normalized spacial score (nSPS) is 14.1. The number of halogens is 3. The van der Waals surface area contributed by atoms with Crippen LogP contribution >= 0.6 is 15.9 Å². The molecule has 128 valence electrons. The van der Waals surface area contributed by atoms with Crippen molar-refractivity contribution in [2.24, 2.45) is 0 Å². The molecule has 2 heterocycles. The Labute approximate surface area is 149 Å². The van der Waals surface area contributed by atoms with Crippen LogP contribution in [0.4, 0.5) is 8.78 Å². The van der Waals surface area contributed by atoms with E-state index < -0.39 is 17.7 Å². The van der Waals surface area contributed by atoms with Crippen molar-refractivity contribution in [1.82, 2.24) is 14.4 Å². The maximum absolute atomic E-state index is 15.0. The van der Waals surface area contributed by atoms with E-state index in [9.17, 15) is 9.18 Å². The van der Waals surface area contributed by atoms with E-state index in [1.54, 1.807) is 6.07 Å². The Morgan fingerprint density at radius 2 is 2.04 bits per heavy atom. The minimum atomic E-state index is -0.693. The van der Waals surface area contributed by atoms with Gasteiger partial charge >= 0.3 is 5.97 Å². The summed E-state index contributed by atoms with van der Waals surface area (Å²) in [7, 11) is 1.25. The van der Waals surface area contributed by atoms with Gasteiger partial charge in [-0.05, 0) is 43.0 Å². The van der Waals surface area contributed by atoms with Crippen LogP contribution in [-0.2, 0) is 4.74 Å². The fraction of sp³-hybridized carbons (Fsp3) is 0.235. The second kappa shape index (κ2) is 5.87. The molecule has 8 heteroatoms. The Morgan fingerprint density at radius 3 is 2.68 bits per heavy atom. The molecule has 1 aliphatic rings. The lowest BCUT2D eigenvalue weighted by atomic mass is 10.1. The van der Waals surface area contributed by atoms with Gasteiger partial charge in [-0.1, -0.05) is 15.9 Å². The van der Waals surface area contributed by atoms with Gasteiger partial charge < -0.3 is 4.74 Å². The highest BCUT2D eigenvalue weighted by Crippen LogP contribution is 2.41. The fourth-order valence-corrected chi connectivity index (χ4v) is 3.11. The van der Waals surface area contributed by atoms with E-state index in [-0.39, 0.29) is 28.6 Å². The van der Waals surface area contributed by atoms with Gasteiger partial charge in [-0.15, -0.1) is 0 Å². The molecule has 25 heavy (non-hydrogen) atoms. The number of nitrogens with zero attached hydrogens (tertiary/aromatic N) is 3. The molecule has 5 nitrogen and oxygen atoms in total. The van der Waals surface area contributed by atoms with Crippen molar-refractivity contribution in [3.8, 4) is 11.3 Å². The summed E-state index contributed by atoms with van der Waals surface area (Å²) in [5.41, 5.74) is 0.554. The summed E-state index contributed by atoms with van der Waals surface area (Å²) in [6.07, 6.45) is 1.78. The van der Waals surface area contributed by atoms with E-state index in [1.807, 2.05) is 0 Å². The molecule has 1 fully saturated rings. The fourth-order valence-electron chi connectivity index (χ4n) is 2.78. The molecule has 1 aromatic carbocycles. The Kier molecular flexibility index (Phi) is 3.79. The van der Waals surface area contributed by atoms with Crippen LogP contribution in [0, 0.1) is 11.8 Å². The SMILES string of the molecule is COC(=O)c1cc(C2CC2)n2c(F)c(-c3ccc(Br)cc3F)nc2n1. The number of carbonyl (C=O) groups excluding carboxylic acids is 1. The molecule has 0 radical (unpaired) electrons. The molecule has 1 aliphatic carbocycles. The Morgan fingerprint density at radius 1 is 1.28 bits per heavy atom. The standard InChI is InChI=1S/C17H12BrF2N3O2/c1-25-16(24)12-7-13(8-2-3-8)23-15(20)14(22-17(23)21-12)10-5-4-9(18)6-11(10)19/h4-8H,2-3H2,1H3. The summed E-state index contributed by atoms with van der Waals surface area (Å²) >= 11 is 3.17. The van der Waals surface area contributed by atoms with E-state index in [1.165, 1.54) is 29.7 Å². The van der Waals surface area contributed by atoms with Crippen LogP contribution in [-0.4, -0.2) is 27.4 Å². The molecule has 0 bridgehead atoms. The Bertz CT molecular complexity index is 1010. The van der Waals surface area contributed by atoms with Gasteiger partial charge in [-0.25, -0.2) is 19.2 Å². The molecule has 0 aliphatic heterocycles. The van der Waals surface area contributed by atoms with Crippen molar-refractivity contribution in [2.75, 3.05) is 7.11 Å². The molecule has 0 amide bonds. The summed E-state index contributed by atoms with van der Waals surface area (Å²) in [6, 6.07) is 5.82. The van der Waals surface area contributed by atoms with Crippen LogP contribution in [0.3, 0.4) is 0 Å². The molecule has 0 saturated heterocycles. The van der Waals surface area contributed by atoms with Gasteiger partial charge in [0.05, 0.1) is 7.11 Å². The lowest BCUT2D eigenvalue weighted by molar-refractivity contribution is 0.0594. The molecule has 0 N–H and O–H groups in total. The van der Waals surface area contributed by atoms with Crippen LogP contribution in [0.15, 0.2) is 28.7 Å². The number of hydrogen-bond donors (Lipinski definition) is 0. The number of ether oxygens (including phenoxy) is 1. The van der Waals surface area contributed by atoms with E-state index in [0.717, 1.165) is 12.8 Å². The first kappa shape index (κ1) is 16.1. The van der Waals surface area contributed by atoms with Crippen molar-refractivity contribution >= 4 is 27.7 Å². The monoisotopic (exact) mass is 407 g/mol. The summed E-state index contributed by atoms with van der Waals surface area (Å²) in [5, 5.41) is 0. The maximum Gasteiger partial charge on any atom is 0.356 e. The van der Waals surface area contributed by atoms with Crippen LogP contribution in [0.5, 0.6) is 0 Å². The largest absolute Gasteiger partial charge is 0.464 e. The highest BCUT2D eigenvalue weighted by Gasteiger charge is 2.31. The Balaban J connectivity index is 1.97. The molecule has 0 unspecified atom stereocenters. The van der Waals surface area contributed by atoms with Gasteiger partial charge in [-0.3, -0.25) is 4.40 Å². The molecular formula is C17H12BrF2N3O2. The van der Waals surface area contributed by atoms with Crippen LogP contribution < -0.4 is 0 Å². The third-order valence-electron chi connectivity index (χ3n) is 4.14. The van der Waals surface area contributed by atoms with E-state index in [0.29, 0.717) is 10.2 Å². The first-order chi connectivity index (χ1) is 12.0. The van der Waals surface area contributed by atoms with E-state index in [4.69, 9.17) is 4.74 Å². The van der Waals surface area contributed by atoms with Crippen molar-refractivity contribution < 1.29 is 18.3 Å². The average Bonchev–Trinajstić information content (AvgIpc) is 3.38. The number of methoxy groups -OCH3 is 1. The molecule has 0 spiro atoms. The third kappa shape index (κ3) is 2.70.